The number of nitrogens with zero attached hydrogens (tertiary/aromatic N) is 1. The molecule has 2 N–H and O–H groups in total. The van der Waals surface area contributed by atoms with Crippen LogP contribution >= 0.6 is 0 Å². The number of likely N-dealkylation sites (N-methyl/N-ethyl adjacent to an activating group) is 1. The van der Waals surface area contributed by atoms with Crippen molar-refractivity contribution in [1.29, 1.82) is 0 Å². The fourth-order valence-electron chi connectivity index (χ4n) is 1.90. The van der Waals surface area contributed by atoms with Gasteiger partial charge in [0, 0.05) is 12.2 Å². The van der Waals surface area contributed by atoms with Crippen LogP contribution in [0, 0.1) is 11.7 Å². The van der Waals surface area contributed by atoms with Crippen molar-refractivity contribution in [2.75, 3.05) is 11.4 Å². The van der Waals surface area contributed by atoms with E-state index in [9.17, 15) is 9.18 Å². The molecule has 0 aliphatic carbocycles. The smallest absolute Gasteiger partial charge is 0.243 e. The molecule has 1 atom stereocenters. The van der Waals surface area contributed by atoms with Crippen molar-refractivity contribution in [1.82, 2.24) is 0 Å². The Morgan fingerprint density at radius 3 is 2.33 bits per heavy atom. The lowest BCUT2D eigenvalue weighted by molar-refractivity contribution is -0.120. The van der Waals surface area contributed by atoms with E-state index >= 15 is 0 Å². The lowest BCUT2D eigenvalue weighted by Gasteiger charge is -2.25. The highest BCUT2D eigenvalue weighted by molar-refractivity contribution is 5.96. The molecule has 0 aromatic heterocycles. The maximum atomic E-state index is 12.9. The molecule has 18 heavy (non-hydrogen) atoms. The number of carbonyl (C=O) groups excluding carboxylic acids is 1. The lowest BCUT2D eigenvalue weighted by Crippen LogP contribution is -2.44. The van der Waals surface area contributed by atoms with Gasteiger partial charge in [0.05, 0.1) is 6.04 Å². The van der Waals surface area contributed by atoms with Gasteiger partial charge in [0.1, 0.15) is 5.82 Å². The highest BCUT2D eigenvalue weighted by Gasteiger charge is 2.21. The zero-order valence-electron chi connectivity index (χ0n) is 11.2. The van der Waals surface area contributed by atoms with E-state index in [1.54, 1.807) is 17.0 Å². The Balaban J connectivity index is 2.82. The topological polar surface area (TPSA) is 46.3 Å². The van der Waals surface area contributed by atoms with Gasteiger partial charge in [-0.25, -0.2) is 4.39 Å². The highest BCUT2D eigenvalue weighted by atomic mass is 19.1. The van der Waals surface area contributed by atoms with Crippen molar-refractivity contribution in [2.24, 2.45) is 11.7 Å². The van der Waals surface area contributed by atoms with Gasteiger partial charge in [-0.3, -0.25) is 4.79 Å². The average Bonchev–Trinajstić information content (AvgIpc) is 2.31. The Bertz CT molecular complexity index is 389. The third kappa shape index (κ3) is 3.81. The molecule has 0 heterocycles. The fraction of sp³-hybridized carbons (Fsp3) is 0.500. The number of anilines is 1. The summed E-state index contributed by atoms with van der Waals surface area (Å²) in [7, 11) is 0. The summed E-state index contributed by atoms with van der Waals surface area (Å²) in [5, 5.41) is 0. The minimum absolute atomic E-state index is 0.113. The summed E-state index contributed by atoms with van der Waals surface area (Å²) < 4.78 is 12.9. The van der Waals surface area contributed by atoms with Crippen LogP contribution in [0.1, 0.15) is 27.2 Å². The van der Waals surface area contributed by atoms with Gasteiger partial charge in [-0.15, -0.1) is 0 Å². The van der Waals surface area contributed by atoms with Crippen LogP contribution in [0.4, 0.5) is 10.1 Å². The summed E-state index contributed by atoms with van der Waals surface area (Å²) in [5.74, 6) is -0.0533. The normalized spacial score (nSPS) is 12.6. The Hall–Kier alpha value is -1.42. The number of halogens is 1. The summed E-state index contributed by atoms with van der Waals surface area (Å²) in [5.41, 5.74) is 6.58. The molecule has 0 bridgehead atoms. The first kappa shape index (κ1) is 14.6. The van der Waals surface area contributed by atoms with Crippen molar-refractivity contribution in [2.45, 2.75) is 33.2 Å². The molecule has 0 aliphatic rings. The standard InChI is InChI=1S/C14H21FN2O/c1-4-17(12-7-5-11(15)6-8-12)14(18)13(16)9-10(2)3/h5-8,10,13H,4,9,16H2,1-3H3/t13-/m1/s1. The van der Waals surface area contributed by atoms with E-state index < -0.39 is 6.04 Å². The zero-order valence-corrected chi connectivity index (χ0v) is 11.2. The van der Waals surface area contributed by atoms with Gasteiger partial charge >= 0.3 is 0 Å². The molecule has 0 saturated heterocycles. The van der Waals surface area contributed by atoms with E-state index in [4.69, 9.17) is 5.73 Å². The Kier molecular flexibility index (Phi) is 5.28. The van der Waals surface area contributed by atoms with Gasteiger partial charge in [-0.1, -0.05) is 13.8 Å². The summed E-state index contributed by atoms with van der Waals surface area (Å²) in [4.78, 5) is 13.8. The minimum Gasteiger partial charge on any atom is -0.320 e. The monoisotopic (exact) mass is 252 g/mol. The van der Waals surface area contributed by atoms with E-state index in [1.807, 2.05) is 20.8 Å². The molecule has 0 fully saturated rings. The molecule has 0 aliphatic heterocycles. The molecule has 0 spiro atoms. The first-order valence-electron chi connectivity index (χ1n) is 6.28. The van der Waals surface area contributed by atoms with Crippen molar-refractivity contribution in [3.63, 3.8) is 0 Å². The summed E-state index contributed by atoms with van der Waals surface area (Å²) in [6.45, 7) is 6.46. The summed E-state index contributed by atoms with van der Waals surface area (Å²) in [6, 6.07) is 5.38. The maximum Gasteiger partial charge on any atom is 0.243 e. The highest BCUT2D eigenvalue weighted by Crippen LogP contribution is 2.17. The quantitative estimate of drug-likeness (QED) is 0.875. The maximum absolute atomic E-state index is 12.9. The van der Waals surface area contributed by atoms with Crippen molar-refractivity contribution in [3.05, 3.63) is 30.1 Å². The number of amides is 1. The second kappa shape index (κ2) is 6.50. The van der Waals surface area contributed by atoms with Crippen LogP contribution < -0.4 is 10.6 Å². The van der Waals surface area contributed by atoms with Crippen LogP contribution in [0.2, 0.25) is 0 Å². The second-order valence-corrected chi connectivity index (χ2v) is 4.79. The van der Waals surface area contributed by atoms with Crippen LogP contribution in [0.15, 0.2) is 24.3 Å². The summed E-state index contributed by atoms with van der Waals surface area (Å²) in [6.07, 6.45) is 0.649. The fourth-order valence-corrected chi connectivity index (χ4v) is 1.90. The molecule has 3 nitrogen and oxygen atoms in total. The van der Waals surface area contributed by atoms with Crippen molar-refractivity contribution < 1.29 is 9.18 Å². The number of hydrogen-bond acceptors (Lipinski definition) is 2. The molecule has 1 amide bonds. The zero-order chi connectivity index (χ0) is 13.7. The van der Waals surface area contributed by atoms with Gasteiger partial charge in [0.25, 0.3) is 0 Å². The van der Waals surface area contributed by atoms with Gasteiger partial charge in [-0.2, -0.15) is 0 Å². The second-order valence-electron chi connectivity index (χ2n) is 4.79. The largest absolute Gasteiger partial charge is 0.320 e. The number of benzene rings is 1. The van der Waals surface area contributed by atoms with Crippen molar-refractivity contribution >= 4 is 11.6 Å². The molecule has 0 unspecified atom stereocenters. The molecule has 1 rings (SSSR count). The predicted molar refractivity (Wildman–Crippen MR) is 71.9 cm³/mol. The SMILES string of the molecule is CCN(C(=O)[C@H](N)CC(C)C)c1ccc(F)cc1. The van der Waals surface area contributed by atoms with Crippen LogP contribution in [-0.2, 0) is 4.79 Å². The van der Waals surface area contributed by atoms with E-state index in [-0.39, 0.29) is 11.7 Å². The van der Waals surface area contributed by atoms with Gasteiger partial charge in [-0.05, 0) is 43.5 Å². The Morgan fingerprint density at radius 2 is 1.89 bits per heavy atom. The Morgan fingerprint density at radius 1 is 1.33 bits per heavy atom. The van der Waals surface area contributed by atoms with E-state index in [0.29, 0.717) is 24.6 Å². The average molecular weight is 252 g/mol. The molecule has 100 valence electrons. The number of carbonyl (C=O) groups is 1. The number of hydrogen-bond donors (Lipinski definition) is 1. The third-order valence-corrected chi connectivity index (χ3v) is 2.76. The van der Waals surface area contributed by atoms with Crippen LogP contribution in [0.25, 0.3) is 0 Å². The van der Waals surface area contributed by atoms with Crippen LogP contribution in [0.5, 0.6) is 0 Å². The summed E-state index contributed by atoms with van der Waals surface area (Å²) >= 11 is 0. The van der Waals surface area contributed by atoms with E-state index in [1.165, 1.54) is 12.1 Å². The molecular formula is C14H21FN2O. The lowest BCUT2D eigenvalue weighted by atomic mass is 10.0. The molecule has 1 aromatic carbocycles. The van der Waals surface area contributed by atoms with Crippen LogP contribution in [0.3, 0.4) is 0 Å². The molecule has 1 aromatic rings. The van der Waals surface area contributed by atoms with Gasteiger partial charge < -0.3 is 10.6 Å². The van der Waals surface area contributed by atoms with Gasteiger partial charge in [0.15, 0.2) is 0 Å². The molecule has 0 saturated carbocycles. The first-order chi connectivity index (χ1) is 8.45. The van der Waals surface area contributed by atoms with E-state index in [0.717, 1.165) is 0 Å². The molecular weight excluding hydrogens is 231 g/mol. The first-order valence-corrected chi connectivity index (χ1v) is 6.28. The van der Waals surface area contributed by atoms with Gasteiger partial charge in [0.2, 0.25) is 5.91 Å². The Labute approximate surface area is 108 Å². The van der Waals surface area contributed by atoms with Crippen molar-refractivity contribution in [3.8, 4) is 0 Å². The predicted octanol–water partition coefficient (Wildman–Crippen LogP) is 2.55. The number of nitrogens with two attached hydrogens (primary N) is 1. The third-order valence-electron chi connectivity index (χ3n) is 2.76. The van der Waals surface area contributed by atoms with E-state index in [2.05, 4.69) is 0 Å². The minimum atomic E-state index is -0.505. The van der Waals surface area contributed by atoms with Crippen LogP contribution in [-0.4, -0.2) is 18.5 Å². The number of rotatable bonds is 5. The molecule has 4 heteroatoms. The molecule has 0 radical (unpaired) electrons.